The number of hydrogen-bond donors (Lipinski definition) is 0. The predicted molar refractivity (Wildman–Crippen MR) is 74.1 cm³/mol. The van der Waals surface area contributed by atoms with Gasteiger partial charge in [-0.3, -0.25) is 10.1 Å². The molecule has 100 valence electrons. The Morgan fingerprint density at radius 3 is 2.61 bits per heavy atom. The Balaban J connectivity index is 2.64. The maximum Gasteiger partial charge on any atom is 0.312 e. The molecule has 0 aliphatic heterocycles. The highest BCUT2D eigenvalue weighted by atomic mass is 79.9. The fourth-order valence-corrected chi connectivity index (χ4v) is 1.93. The van der Waals surface area contributed by atoms with Crippen LogP contribution in [0.5, 0.6) is 5.75 Å². The molecule has 1 aromatic rings. The van der Waals surface area contributed by atoms with Gasteiger partial charge in [0.1, 0.15) is 6.61 Å². The molecule has 0 fully saturated rings. The summed E-state index contributed by atoms with van der Waals surface area (Å²) in [4.78, 5) is 12.6. The molecule has 0 bridgehead atoms. The smallest absolute Gasteiger partial charge is 0.312 e. The van der Waals surface area contributed by atoms with E-state index in [-0.39, 0.29) is 5.69 Å². The highest BCUT2D eigenvalue weighted by Crippen LogP contribution is 2.29. The van der Waals surface area contributed by atoms with Crippen LogP contribution >= 0.6 is 15.9 Å². The third-order valence-corrected chi connectivity index (χ3v) is 3.17. The van der Waals surface area contributed by atoms with Crippen LogP contribution < -0.4 is 4.74 Å². The minimum absolute atomic E-state index is 0.0103. The number of nitro groups is 1. The van der Waals surface area contributed by atoms with Gasteiger partial charge >= 0.3 is 5.69 Å². The van der Waals surface area contributed by atoms with Crippen LogP contribution in [0.1, 0.15) is 13.8 Å². The number of nitrogens with zero attached hydrogens (tertiary/aromatic N) is 2. The molecule has 0 saturated heterocycles. The van der Waals surface area contributed by atoms with Crippen molar-refractivity contribution < 1.29 is 9.66 Å². The average Bonchev–Trinajstić information content (AvgIpc) is 2.36. The highest BCUT2D eigenvalue weighted by molar-refractivity contribution is 9.10. The highest BCUT2D eigenvalue weighted by Gasteiger charge is 2.15. The molecule has 0 aliphatic carbocycles. The molecule has 0 spiro atoms. The van der Waals surface area contributed by atoms with Gasteiger partial charge in [-0.15, -0.1) is 0 Å². The molecule has 0 aliphatic rings. The molecule has 0 radical (unpaired) electrons. The molecule has 0 N–H and O–H groups in total. The van der Waals surface area contributed by atoms with Crippen molar-refractivity contribution >= 4 is 21.6 Å². The molecule has 0 aromatic heterocycles. The van der Waals surface area contributed by atoms with Crippen LogP contribution in [0.4, 0.5) is 5.69 Å². The molecule has 0 saturated carbocycles. The van der Waals surface area contributed by atoms with E-state index < -0.39 is 4.92 Å². The van der Waals surface area contributed by atoms with Crippen LogP contribution in [-0.2, 0) is 0 Å². The van der Waals surface area contributed by atoms with Gasteiger partial charge in [-0.25, -0.2) is 0 Å². The molecule has 0 unspecified atom stereocenters. The van der Waals surface area contributed by atoms with Gasteiger partial charge in [0.15, 0.2) is 5.75 Å². The van der Waals surface area contributed by atoms with E-state index in [1.807, 2.05) is 0 Å². The normalized spacial score (nSPS) is 10.7. The van der Waals surface area contributed by atoms with Crippen molar-refractivity contribution in [1.29, 1.82) is 0 Å². The molecule has 0 atom stereocenters. The number of halogens is 1. The molecule has 0 heterocycles. The summed E-state index contributed by atoms with van der Waals surface area (Å²) >= 11 is 3.21. The summed E-state index contributed by atoms with van der Waals surface area (Å²) in [5.41, 5.74) is -0.0103. The Bertz CT molecular complexity index is 408. The van der Waals surface area contributed by atoms with Crippen LogP contribution in [0.2, 0.25) is 0 Å². The minimum atomic E-state index is -0.433. The van der Waals surface area contributed by atoms with E-state index in [0.717, 1.165) is 19.6 Å². The van der Waals surface area contributed by atoms with Gasteiger partial charge in [0.05, 0.1) is 4.92 Å². The summed E-state index contributed by atoms with van der Waals surface area (Å²) in [6.07, 6.45) is 0. The first-order chi connectivity index (χ1) is 8.58. The first kappa shape index (κ1) is 14.9. The summed E-state index contributed by atoms with van der Waals surface area (Å²) in [6.45, 7) is 7.26. The summed E-state index contributed by atoms with van der Waals surface area (Å²) in [5.74, 6) is 0.315. The lowest BCUT2D eigenvalue weighted by atomic mass is 10.3. The van der Waals surface area contributed by atoms with Crippen LogP contribution in [0.15, 0.2) is 22.7 Å². The summed E-state index contributed by atoms with van der Waals surface area (Å²) in [7, 11) is 0. The van der Waals surface area contributed by atoms with E-state index in [1.165, 1.54) is 6.07 Å². The van der Waals surface area contributed by atoms with Crippen molar-refractivity contribution in [3.63, 3.8) is 0 Å². The number of benzene rings is 1. The Morgan fingerprint density at radius 2 is 2.06 bits per heavy atom. The molecule has 0 amide bonds. The third kappa shape index (κ3) is 4.27. The number of ether oxygens (including phenoxy) is 1. The number of likely N-dealkylation sites (N-methyl/N-ethyl adjacent to an activating group) is 1. The van der Waals surface area contributed by atoms with Crippen molar-refractivity contribution in [2.45, 2.75) is 13.8 Å². The van der Waals surface area contributed by atoms with Gasteiger partial charge in [0.25, 0.3) is 0 Å². The van der Waals surface area contributed by atoms with Crippen molar-refractivity contribution in [1.82, 2.24) is 4.90 Å². The largest absolute Gasteiger partial charge is 0.485 e. The molecule has 18 heavy (non-hydrogen) atoms. The molecular weight excluding hydrogens is 300 g/mol. The fourth-order valence-electron chi connectivity index (χ4n) is 1.58. The molecule has 6 heteroatoms. The number of hydrogen-bond acceptors (Lipinski definition) is 4. The van der Waals surface area contributed by atoms with Gasteiger partial charge < -0.3 is 9.64 Å². The standard InChI is InChI=1S/C12H17BrN2O3/c1-3-14(4-2)7-8-18-12-6-5-10(13)9-11(12)15(16)17/h5-6,9H,3-4,7-8H2,1-2H3. The number of nitro benzene ring substituents is 1. The zero-order chi connectivity index (χ0) is 13.5. The number of rotatable bonds is 7. The van der Waals surface area contributed by atoms with E-state index >= 15 is 0 Å². The third-order valence-electron chi connectivity index (χ3n) is 2.68. The Morgan fingerprint density at radius 1 is 1.39 bits per heavy atom. The summed E-state index contributed by atoms with van der Waals surface area (Å²) < 4.78 is 6.15. The van der Waals surface area contributed by atoms with E-state index in [0.29, 0.717) is 16.8 Å². The second-order valence-electron chi connectivity index (χ2n) is 3.74. The maximum atomic E-state index is 10.9. The zero-order valence-corrected chi connectivity index (χ0v) is 12.1. The lowest BCUT2D eigenvalue weighted by Crippen LogP contribution is -2.28. The Hall–Kier alpha value is -1.14. The van der Waals surface area contributed by atoms with Crippen LogP contribution in [0, 0.1) is 10.1 Å². The van der Waals surface area contributed by atoms with E-state index in [1.54, 1.807) is 12.1 Å². The van der Waals surface area contributed by atoms with Crippen LogP contribution in [-0.4, -0.2) is 36.1 Å². The zero-order valence-electron chi connectivity index (χ0n) is 10.6. The van der Waals surface area contributed by atoms with Crippen molar-refractivity contribution in [3.05, 3.63) is 32.8 Å². The quantitative estimate of drug-likeness (QED) is 0.573. The second-order valence-corrected chi connectivity index (χ2v) is 4.66. The van der Waals surface area contributed by atoms with Crippen molar-refractivity contribution in [2.24, 2.45) is 0 Å². The van der Waals surface area contributed by atoms with Crippen molar-refractivity contribution in [2.75, 3.05) is 26.2 Å². The minimum Gasteiger partial charge on any atom is -0.485 e. The topological polar surface area (TPSA) is 55.6 Å². The monoisotopic (exact) mass is 316 g/mol. The molecule has 1 rings (SSSR count). The SMILES string of the molecule is CCN(CC)CCOc1ccc(Br)cc1[N+](=O)[O-]. The molecular formula is C12H17BrN2O3. The predicted octanol–water partition coefficient (Wildman–Crippen LogP) is 3.08. The molecule has 1 aromatic carbocycles. The first-order valence-corrected chi connectivity index (χ1v) is 6.66. The van der Waals surface area contributed by atoms with E-state index in [2.05, 4.69) is 34.7 Å². The van der Waals surface area contributed by atoms with Gasteiger partial charge in [0.2, 0.25) is 0 Å². The van der Waals surface area contributed by atoms with Crippen molar-refractivity contribution in [3.8, 4) is 5.75 Å². The van der Waals surface area contributed by atoms with E-state index in [4.69, 9.17) is 4.74 Å². The second kappa shape index (κ2) is 7.33. The summed E-state index contributed by atoms with van der Waals surface area (Å²) in [6, 6.07) is 4.80. The lowest BCUT2D eigenvalue weighted by Gasteiger charge is -2.17. The summed E-state index contributed by atoms with van der Waals surface area (Å²) in [5, 5.41) is 10.9. The fraction of sp³-hybridized carbons (Fsp3) is 0.500. The van der Waals surface area contributed by atoms with E-state index in [9.17, 15) is 10.1 Å². The molecule has 5 nitrogen and oxygen atoms in total. The first-order valence-electron chi connectivity index (χ1n) is 5.87. The van der Waals surface area contributed by atoms with Gasteiger partial charge in [0, 0.05) is 17.1 Å². The maximum absolute atomic E-state index is 10.9. The van der Waals surface area contributed by atoms with Crippen LogP contribution in [0.3, 0.4) is 0 Å². The van der Waals surface area contributed by atoms with Gasteiger partial charge in [-0.2, -0.15) is 0 Å². The average molecular weight is 317 g/mol. The van der Waals surface area contributed by atoms with Gasteiger partial charge in [-0.1, -0.05) is 29.8 Å². The lowest BCUT2D eigenvalue weighted by molar-refractivity contribution is -0.385. The Kier molecular flexibility index (Phi) is 6.07. The van der Waals surface area contributed by atoms with Gasteiger partial charge in [-0.05, 0) is 25.2 Å². The van der Waals surface area contributed by atoms with Crippen LogP contribution in [0.25, 0.3) is 0 Å². The Labute approximate surface area is 115 Å².